The van der Waals surface area contributed by atoms with Gasteiger partial charge in [0, 0.05) is 23.6 Å². The molecule has 3 rings (SSSR count). The zero-order valence-electron chi connectivity index (χ0n) is 15.1. The molecule has 142 valence electrons. The first kappa shape index (κ1) is 19.1. The van der Waals surface area contributed by atoms with E-state index in [9.17, 15) is 8.76 Å². The number of hydrogen-bond acceptors (Lipinski definition) is 6. The van der Waals surface area contributed by atoms with Gasteiger partial charge in [0.2, 0.25) is 0 Å². The van der Waals surface area contributed by atoms with Crippen molar-refractivity contribution in [3.8, 4) is 28.6 Å². The van der Waals surface area contributed by atoms with Gasteiger partial charge in [-0.05, 0) is 37.6 Å². The molecule has 8 heteroatoms. The number of nitrogens with zero attached hydrogens (tertiary/aromatic N) is 3. The van der Waals surface area contributed by atoms with Crippen LogP contribution in [0.25, 0.3) is 17.1 Å². The van der Waals surface area contributed by atoms with Gasteiger partial charge in [0.1, 0.15) is 23.6 Å². The molecule has 3 aromatic rings. The fourth-order valence-corrected chi connectivity index (χ4v) is 3.13. The average Bonchev–Trinajstić information content (AvgIpc) is 3.12. The van der Waals surface area contributed by atoms with Crippen LogP contribution in [-0.2, 0) is 16.8 Å². The first-order valence-electron chi connectivity index (χ1n) is 8.55. The maximum absolute atomic E-state index is 10.8. The van der Waals surface area contributed by atoms with Crippen LogP contribution in [0.2, 0.25) is 0 Å². The fourth-order valence-electron chi connectivity index (χ4n) is 2.69. The van der Waals surface area contributed by atoms with E-state index in [-0.39, 0.29) is 5.75 Å². The van der Waals surface area contributed by atoms with Crippen LogP contribution >= 0.6 is 0 Å². The van der Waals surface area contributed by atoms with Crippen LogP contribution in [0.5, 0.6) is 11.5 Å². The first-order chi connectivity index (χ1) is 13.1. The van der Waals surface area contributed by atoms with E-state index in [4.69, 9.17) is 9.47 Å². The molecule has 0 spiro atoms. The minimum absolute atomic E-state index is 0.0574. The molecule has 0 N–H and O–H groups in total. The van der Waals surface area contributed by atoms with Crippen molar-refractivity contribution in [3.63, 3.8) is 0 Å². The maximum Gasteiger partial charge on any atom is 0.138 e. The van der Waals surface area contributed by atoms with Crippen molar-refractivity contribution >= 4 is 11.1 Å². The SMILES string of the molecule is CCOc1cc(OCC)cc(-c2cncn2-c2ccc(CS(=O)[O-])cn2)c1. The van der Waals surface area contributed by atoms with E-state index in [1.54, 1.807) is 30.9 Å². The molecule has 2 heterocycles. The Kier molecular flexibility index (Phi) is 6.20. The second kappa shape index (κ2) is 8.79. The van der Waals surface area contributed by atoms with E-state index in [2.05, 4.69) is 9.97 Å². The summed E-state index contributed by atoms with van der Waals surface area (Å²) in [6.45, 7) is 4.96. The third-order valence-electron chi connectivity index (χ3n) is 3.78. The number of ether oxygens (including phenoxy) is 2. The highest BCUT2D eigenvalue weighted by molar-refractivity contribution is 7.78. The highest BCUT2D eigenvalue weighted by Crippen LogP contribution is 2.31. The third kappa shape index (κ3) is 4.72. The lowest BCUT2D eigenvalue weighted by Crippen LogP contribution is -2.01. The van der Waals surface area contributed by atoms with E-state index in [1.807, 2.05) is 36.6 Å². The second-order valence-corrected chi connectivity index (χ2v) is 6.58. The number of benzene rings is 1. The lowest BCUT2D eigenvalue weighted by atomic mass is 10.1. The minimum Gasteiger partial charge on any atom is -0.772 e. The van der Waals surface area contributed by atoms with Crippen molar-refractivity contribution in [2.45, 2.75) is 19.6 Å². The van der Waals surface area contributed by atoms with Crippen molar-refractivity contribution in [2.75, 3.05) is 13.2 Å². The Labute approximate surface area is 160 Å². The van der Waals surface area contributed by atoms with Gasteiger partial charge in [-0.2, -0.15) is 0 Å². The molecule has 27 heavy (non-hydrogen) atoms. The lowest BCUT2D eigenvalue weighted by molar-refractivity contribution is 0.323. The van der Waals surface area contributed by atoms with Crippen LogP contribution in [-0.4, -0.2) is 36.5 Å². The van der Waals surface area contributed by atoms with Crippen molar-refractivity contribution in [1.29, 1.82) is 0 Å². The molecule has 0 bridgehead atoms. The van der Waals surface area contributed by atoms with Gasteiger partial charge in [-0.3, -0.25) is 8.78 Å². The summed E-state index contributed by atoms with van der Waals surface area (Å²) in [5.74, 6) is 2.01. The van der Waals surface area contributed by atoms with Crippen molar-refractivity contribution < 1.29 is 18.2 Å². The van der Waals surface area contributed by atoms with Gasteiger partial charge < -0.3 is 14.0 Å². The van der Waals surface area contributed by atoms with Crippen LogP contribution in [0.4, 0.5) is 0 Å². The molecular weight excluding hydrogens is 366 g/mol. The largest absolute Gasteiger partial charge is 0.772 e. The van der Waals surface area contributed by atoms with Gasteiger partial charge in [-0.15, -0.1) is 0 Å². The quantitative estimate of drug-likeness (QED) is 0.553. The molecule has 0 aliphatic heterocycles. The van der Waals surface area contributed by atoms with Crippen LogP contribution < -0.4 is 9.47 Å². The Morgan fingerprint density at radius 3 is 2.33 bits per heavy atom. The summed E-state index contributed by atoms with van der Waals surface area (Å²) in [6, 6.07) is 9.21. The molecule has 0 aliphatic rings. The predicted molar refractivity (Wildman–Crippen MR) is 102 cm³/mol. The molecule has 0 aliphatic carbocycles. The monoisotopic (exact) mass is 386 g/mol. The zero-order chi connectivity index (χ0) is 19.2. The number of pyridine rings is 1. The second-order valence-electron chi connectivity index (χ2n) is 5.68. The Balaban J connectivity index is 1.98. The van der Waals surface area contributed by atoms with Gasteiger partial charge in [-0.1, -0.05) is 17.1 Å². The maximum atomic E-state index is 10.8. The summed E-state index contributed by atoms with van der Waals surface area (Å²) in [5.41, 5.74) is 2.34. The zero-order valence-corrected chi connectivity index (χ0v) is 15.9. The van der Waals surface area contributed by atoms with Crippen molar-refractivity contribution in [3.05, 3.63) is 54.6 Å². The number of aromatic nitrogens is 3. The first-order valence-corrected chi connectivity index (χ1v) is 9.79. The van der Waals surface area contributed by atoms with E-state index < -0.39 is 11.1 Å². The molecule has 0 saturated heterocycles. The summed E-state index contributed by atoms with van der Waals surface area (Å²) in [7, 11) is 0. The van der Waals surface area contributed by atoms with Gasteiger partial charge >= 0.3 is 0 Å². The summed E-state index contributed by atoms with van der Waals surface area (Å²) in [4.78, 5) is 8.60. The normalized spacial score (nSPS) is 12.0. The molecule has 1 atom stereocenters. The molecule has 0 fully saturated rings. The van der Waals surface area contributed by atoms with Crippen LogP contribution in [0.15, 0.2) is 49.1 Å². The van der Waals surface area contributed by atoms with Gasteiger partial charge in [0.15, 0.2) is 0 Å². The number of imidazole rings is 1. The number of rotatable bonds is 8. The Hall–Kier alpha value is -2.71. The molecule has 0 saturated carbocycles. The van der Waals surface area contributed by atoms with Crippen LogP contribution in [0.1, 0.15) is 19.4 Å². The molecular formula is C19H20N3O4S-. The minimum atomic E-state index is -2.14. The topological polar surface area (TPSA) is 89.3 Å². The van der Waals surface area contributed by atoms with E-state index in [0.29, 0.717) is 36.1 Å². The summed E-state index contributed by atoms with van der Waals surface area (Å²) in [6.07, 6.45) is 4.96. The van der Waals surface area contributed by atoms with E-state index in [1.165, 1.54) is 0 Å². The van der Waals surface area contributed by atoms with Crippen LogP contribution in [0.3, 0.4) is 0 Å². The van der Waals surface area contributed by atoms with Gasteiger partial charge in [-0.25, -0.2) is 9.97 Å². The molecule has 0 amide bonds. The molecule has 7 nitrogen and oxygen atoms in total. The van der Waals surface area contributed by atoms with Gasteiger partial charge in [0.05, 0.1) is 25.1 Å². The Morgan fingerprint density at radius 2 is 1.78 bits per heavy atom. The van der Waals surface area contributed by atoms with E-state index >= 15 is 0 Å². The standard InChI is InChI=1S/C19H21N3O4S/c1-3-25-16-7-15(8-17(9-16)26-4-2)18-11-20-13-22(18)19-6-5-14(10-21-19)12-27(23)24/h5-11,13H,3-4,12H2,1-2H3,(H,23,24)/p-1. The van der Waals surface area contributed by atoms with Gasteiger partial charge in [0.25, 0.3) is 0 Å². The predicted octanol–water partition coefficient (Wildman–Crippen LogP) is 3.11. The summed E-state index contributed by atoms with van der Waals surface area (Å²) < 4.78 is 34.8. The van der Waals surface area contributed by atoms with Crippen molar-refractivity contribution in [2.24, 2.45) is 0 Å². The molecule has 0 radical (unpaired) electrons. The highest BCUT2D eigenvalue weighted by Gasteiger charge is 2.11. The fraction of sp³-hybridized carbons (Fsp3) is 0.263. The summed E-state index contributed by atoms with van der Waals surface area (Å²) in [5, 5.41) is 0. The summed E-state index contributed by atoms with van der Waals surface area (Å²) >= 11 is -2.14. The van der Waals surface area contributed by atoms with Crippen LogP contribution in [0, 0.1) is 0 Å². The Morgan fingerprint density at radius 1 is 1.07 bits per heavy atom. The Bertz CT molecular complexity index is 901. The third-order valence-corrected chi connectivity index (χ3v) is 4.35. The molecule has 2 aromatic heterocycles. The van der Waals surface area contributed by atoms with Crippen molar-refractivity contribution in [1.82, 2.24) is 14.5 Å². The lowest BCUT2D eigenvalue weighted by Gasteiger charge is -2.13. The number of hydrogen-bond donors (Lipinski definition) is 0. The molecule has 1 unspecified atom stereocenters. The average molecular weight is 386 g/mol. The highest BCUT2D eigenvalue weighted by atomic mass is 32.2. The van der Waals surface area contributed by atoms with E-state index in [0.717, 1.165) is 11.3 Å². The smallest absolute Gasteiger partial charge is 0.138 e. The molecule has 1 aromatic carbocycles.